The highest BCUT2D eigenvalue weighted by molar-refractivity contribution is 5.96. The zero-order valence-corrected chi connectivity index (χ0v) is 11.8. The van der Waals surface area contributed by atoms with Crippen LogP contribution in [0.4, 0.5) is 11.4 Å². The van der Waals surface area contributed by atoms with Crippen molar-refractivity contribution in [3.8, 4) is 0 Å². The summed E-state index contributed by atoms with van der Waals surface area (Å²) in [6.07, 6.45) is 0. The lowest BCUT2D eigenvalue weighted by molar-refractivity contribution is -0.496. The van der Waals surface area contributed by atoms with Crippen LogP contribution in [0.15, 0.2) is 12.1 Å². The molecule has 0 aliphatic rings. The van der Waals surface area contributed by atoms with Gasteiger partial charge in [0.15, 0.2) is 0 Å². The maximum atomic E-state index is 11.4. The molecule has 0 amide bonds. The molecule has 7 nitrogen and oxygen atoms in total. The largest absolute Gasteiger partial charge is 0.478 e. The summed E-state index contributed by atoms with van der Waals surface area (Å²) in [6.45, 7) is 4.77. The molecule has 1 aromatic rings. The molecule has 0 atom stereocenters. The van der Waals surface area contributed by atoms with Crippen molar-refractivity contribution in [3.05, 3.63) is 33.4 Å². The molecule has 1 aromatic carbocycles. The lowest BCUT2D eigenvalue weighted by Crippen LogP contribution is -2.24. The highest BCUT2D eigenvalue weighted by atomic mass is 16.6. The maximum Gasteiger partial charge on any atom is 0.337 e. The minimum Gasteiger partial charge on any atom is -0.478 e. The van der Waals surface area contributed by atoms with Crippen LogP contribution in [-0.4, -0.2) is 36.1 Å². The number of aromatic carboxylic acids is 1. The Morgan fingerprint density at radius 3 is 2.40 bits per heavy atom. The number of carboxylic acid groups (broad SMARTS) is 1. The van der Waals surface area contributed by atoms with Gasteiger partial charge in [-0.2, -0.15) is 0 Å². The Bertz CT molecular complexity index is 513. The Morgan fingerprint density at radius 1 is 1.40 bits per heavy atom. The normalized spacial score (nSPS) is 10.2. The molecule has 0 unspecified atom stereocenters. The van der Waals surface area contributed by atoms with Gasteiger partial charge in [0.1, 0.15) is 0 Å². The van der Waals surface area contributed by atoms with Gasteiger partial charge in [0.2, 0.25) is 6.54 Å². The van der Waals surface area contributed by atoms with E-state index in [0.29, 0.717) is 30.0 Å². The van der Waals surface area contributed by atoms with Gasteiger partial charge in [-0.15, -0.1) is 0 Å². The van der Waals surface area contributed by atoms with Crippen LogP contribution in [0, 0.1) is 10.1 Å². The third kappa shape index (κ3) is 3.37. The molecule has 0 saturated heterocycles. The minimum absolute atomic E-state index is 0.0875. The van der Waals surface area contributed by atoms with Crippen LogP contribution in [0.3, 0.4) is 0 Å². The molecular formula is C13H19N3O4. The summed E-state index contributed by atoms with van der Waals surface area (Å²) in [5, 5.41) is 22.9. The first kappa shape index (κ1) is 15.7. The molecule has 0 aliphatic heterocycles. The number of carbonyl (C=O) groups is 1. The maximum absolute atomic E-state index is 11.4. The average molecular weight is 281 g/mol. The van der Waals surface area contributed by atoms with E-state index >= 15 is 0 Å². The van der Waals surface area contributed by atoms with Crippen LogP contribution in [-0.2, 0) is 6.54 Å². The van der Waals surface area contributed by atoms with Gasteiger partial charge in [0, 0.05) is 36.3 Å². The molecule has 0 fully saturated rings. The monoisotopic (exact) mass is 281 g/mol. The molecular weight excluding hydrogens is 262 g/mol. The number of carboxylic acids is 1. The standard InChI is InChI=1S/C13H19N3O4/c1-4-15(5-2)12-7-11(14-3)9(8-16(19)20)6-10(12)13(17)18/h6-7,14H,4-5,8H2,1-3H3,(H,17,18). The van der Waals surface area contributed by atoms with Crippen LogP contribution in [0.5, 0.6) is 0 Å². The van der Waals surface area contributed by atoms with E-state index in [2.05, 4.69) is 5.32 Å². The SMILES string of the molecule is CCN(CC)c1cc(NC)c(C[N+](=O)[O-])cc1C(=O)O. The molecule has 0 radical (unpaired) electrons. The Labute approximate surface area is 117 Å². The second kappa shape index (κ2) is 6.74. The number of hydrogen-bond acceptors (Lipinski definition) is 5. The minimum atomic E-state index is -1.08. The van der Waals surface area contributed by atoms with Crippen molar-refractivity contribution in [1.29, 1.82) is 0 Å². The number of hydrogen-bond donors (Lipinski definition) is 2. The fourth-order valence-corrected chi connectivity index (χ4v) is 2.13. The summed E-state index contributed by atoms with van der Waals surface area (Å²) in [7, 11) is 1.66. The summed E-state index contributed by atoms with van der Waals surface area (Å²) in [4.78, 5) is 23.5. The molecule has 0 heterocycles. The van der Waals surface area contributed by atoms with Gasteiger partial charge in [-0.1, -0.05) is 0 Å². The molecule has 0 saturated carbocycles. The molecule has 2 N–H and O–H groups in total. The van der Waals surface area contributed by atoms with Gasteiger partial charge in [-0.05, 0) is 26.0 Å². The van der Waals surface area contributed by atoms with E-state index in [9.17, 15) is 20.0 Å². The summed E-state index contributed by atoms with van der Waals surface area (Å²) >= 11 is 0. The van der Waals surface area contributed by atoms with Crippen molar-refractivity contribution in [2.75, 3.05) is 30.4 Å². The molecule has 0 aromatic heterocycles. The fraction of sp³-hybridized carbons (Fsp3) is 0.462. The number of anilines is 2. The van der Waals surface area contributed by atoms with Gasteiger partial charge in [-0.25, -0.2) is 4.79 Å². The molecule has 7 heteroatoms. The Kier molecular flexibility index (Phi) is 5.31. The molecule has 20 heavy (non-hydrogen) atoms. The number of nitrogens with zero attached hydrogens (tertiary/aromatic N) is 2. The first-order valence-corrected chi connectivity index (χ1v) is 6.39. The van der Waals surface area contributed by atoms with Crippen molar-refractivity contribution < 1.29 is 14.8 Å². The van der Waals surface area contributed by atoms with Crippen LogP contribution < -0.4 is 10.2 Å². The van der Waals surface area contributed by atoms with E-state index in [1.54, 1.807) is 13.1 Å². The van der Waals surface area contributed by atoms with Crippen molar-refractivity contribution in [3.63, 3.8) is 0 Å². The van der Waals surface area contributed by atoms with E-state index in [-0.39, 0.29) is 5.56 Å². The lowest BCUT2D eigenvalue weighted by atomic mass is 10.0. The van der Waals surface area contributed by atoms with Crippen molar-refractivity contribution >= 4 is 17.3 Å². The van der Waals surface area contributed by atoms with Crippen LogP contribution in [0.25, 0.3) is 0 Å². The summed E-state index contributed by atoms with van der Waals surface area (Å²) in [6, 6.07) is 3.04. The van der Waals surface area contributed by atoms with E-state index in [4.69, 9.17) is 0 Å². The van der Waals surface area contributed by atoms with E-state index in [1.165, 1.54) is 6.07 Å². The van der Waals surface area contributed by atoms with Crippen LogP contribution in [0.1, 0.15) is 29.8 Å². The van der Waals surface area contributed by atoms with E-state index in [0.717, 1.165) is 0 Å². The number of nitrogens with one attached hydrogen (secondary N) is 1. The van der Waals surface area contributed by atoms with Gasteiger partial charge in [0.25, 0.3) is 0 Å². The van der Waals surface area contributed by atoms with Gasteiger partial charge in [0.05, 0.1) is 11.3 Å². The van der Waals surface area contributed by atoms with Crippen LogP contribution >= 0.6 is 0 Å². The molecule has 0 spiro atoms. The third-order valence-electron chi connectivity index (χ3n) is 3.12. The smallest absolute Gasteiger partial charge is 0.337 e. The van der Waals surface area contributed by atoms with Gasteiger partial charge < -0.3 is 15.3 Å². The third-order valence-corrected chi connectivity index (χ3v) is 3.12. The Morgan fingerprint density at radius 2 is 2.00 bits per heavy atom. The predicted molar refractivity (Wildman–Crippen MR) is 77.2 cm³/mol. The second-order valence-electron chi connectivity index (χ2n) is 4.24. The predicted octanol–water partition coefficient (Wildman–Crippen LogP) is 2.05. The second-order valence-corrected chi connectivity index (χ2v) is 4.24. The molecule has 110 valence electrons. The Hall–Kier alpha value is -2.31. The first-order valence-electron chi connectivity index (χ1n) is 6.39. The molecule has 0 aliphatic carbocycles. The Balaban J connectivity index is 3.44. The van der Waals surface area contributed by atoms with E-state index < -0.39 is 17.4 Å². The fourth-order valence-electron chi connectivity index (χ4n) is 2.13. The lowest BCUT2D eigenvalue weighted by Gasteiger charge is -2.24. The first-order chi connectivity index (χ1) is 9.44. The summed E-state index contributed by atoms with van der Waals surface area (Å²) < 4.78 is 0. The number of rotatable bonds is 7. The topological polar surface area (TPSA) is 95.7 Å². The zero-order chi connectivity index (χ0) is 15.3. The summed E-state index contributed by atoms with van der Waals surface area (Å²) in [5.74, 6) is -1.08. The average Bonchev–Trinajstić information content (AvgIpc) is 2.40. The number of benzene rings is 1. The zero-order valence-electron chi connectivity index (χ0n) is 11.8. The van der Waals surface area contributed by atoms with Crippen molar-refractivity contribution in [1.82, 2.24) is 0 Å². The van der Waals surface area contributed by atoms with Crippen molar-refractivity contribution in [2.24, 2.45) is 0 Å². The highest BCUT2D eigenvalue weighted by Crippen LogP contribution is 2.29. The molecule has 0 bridgehead atoms. The van der Waals surface area contributed by atoms with E-state index in [1.807, 2.05) is 18.7 Å². The summed E-state index contributed by atoms with van der Waals surface area (Å²) in [5.41, 5.74) is 1.60. The van der Waals surface area contributed by atoms with Gasteiger partial charge >= 0.3 is 5.97 Å². The highest BCUT2D eigenvalue weighted by Gasteiger charge is 2.19. The quantitative estimate of drug-likeness (QED) is 0.586. The van der Waals surface area contributed by atoms with Crippen LogP contribution in [0.2, 0.25) is 0 Å². The van der Waals surface area contributed by atoms with Crippen molar-refractivity contribution in [2.45, 2.75) is 20.4 Å². The molecule has 1 rings (SSSR count). The number of nitro groups is 1. The van der Waals surface area contributed by atoms with Gasteiger partial charge in [-0.3, -0.25) is 10.1 Å².